The summed E-state index contributed by atoms with van der Waals surface area (Å²) in [5.74, 6) is 0.596. The second-order valence-electron chi connectivity index (χ2n) is 7.87. The third kappa shape index (κ3) is 5.00. The Hall–Kier alpha value is -3.16. The first-order valence-electron chi connectivity index (χ1n) is 10.9. The van der Waals surface area contributed by atoms with Crippen LogP contribution in [0.5, 0.6) is 5.75 Å². The minimum absolute atomic E-state index is 0.139. The van der Waals surface area contributed by atoms with Gasteiger partial charge in [-0.05, 0) is 49.7 Å². The molecule has 1 saturated heterocycles. The summed E-state index contributed by atoms with van der Waals surface area (Å²) >= 11 is 0. The van der Waals surface area contributed by atoms with E-state index < -0.39 is 0 Å². The Bertz CT molecular complexity index is 1150. The van der Waals surface area contributed by atoms with Crippen molar-refractivity contribution in [2.24, 2.45) is 0 Å². The van der Waals surface area contributed by atoms with E-state index in [2.05, 4.69) is 4.98 Å². The fraction of sp³-hybridized carbons (Fsp3) is 0.360. The van der Waals surface area contributed by atoms with E-state index in [9.17, 15) is 9.59 Å². The van der Waals surface area contributed by atoms with Gasteiger partial charge in [-0.25, -0.2) is 0 Å². The predicted molar refractivity (Wildman–Crippen MR) is 122 cm³/mol. The average molecular weight is 437 g/mol. The number of rotatable bonds is 7. The molecule has 1 amide bonds. The van der Waals surface area contributed by atoms with Crippen molar-refractivity contribution in [2.75, 3.05) is 33.0 Å². The fourth-order valence-corrected chi connectivity index (χ4v) is 3.90. The molecular formula is C25H28N2O5. The van der Waals surface area contributed by atoms with E-state index in [1.165, 1.54) is 0 Å². The van der Waals surface area contributed by atoms with Gasteiger partial charge >= 0.3 is 0 Å². The quantitative estimate of drug-likeness (QED) is 0.615. The fourth-order valence-electron chi connectivity index (χ4n) is 3.90. The van der Waals surface area contributed by atoms with Crippen molar-refractivity contribution in [2.45, 2.75) is 26.5 Å². The molecule has 32 heavy (non-hydrogen) atoms. The highest BCUT2D eigenvalue weighted by atomic mass is 16.6. The van der Waals surface area contributed by atoms with E-state index >= 15 is 0 Å². The first-order valence-corrected chi connectivity index (χ1v) is 10.9. The monoisotopic (exact) mass is 436 g/mol. The largest absolute Gasteiger partial charge is 0.494 e. The van der Waals surface area contributed by atoms with E-state index in [0.29, 0.717) is 44.1 Å². The molecule has 0 spiro atoms. The van der Waals surface area contributed by atoms with Gasteiger partial charge in [0.25, 0.3) is 11.5 Å². The number of fused-ring (bicyclic) bond motifs is 1. The van der Waals surface area contributed by atoms with Crippen LogP contribution in [0.3, 0.4) is 0 Å². The van der Waals surface area contributed by atoms with Crippen LogP contribution in [0.2, 0.25) is 0 Å². The third-order valence-electron chi connectivity index (χ3n) is 5.54. The van der Waals surface area contributed by atoms with Crippen LogP contribution in [-0.2, 0) is 16.0 Å². The lowest BCUT2D eigenvalue weighted by Crippen LogP contribution is -2.43. The van der Waals surface area contributed by atoms with Crippen LogP contribution >= 0.6 is 0 Å². The molecule has 1 aliphatic heterocycles. The summed E-state index contributed by atoms with van der Waals surface area (Å²) in [5.41, 5.74) is 2.51. The van der Waals surface area contributed by atoms with Gasteiger partial charge in [0, 0.05) is 28.6 Å². The molecule has 4 rings (SSSR count). The molecule has 0 bridgehead atoms. The van der Waals surface area contributed by atoms with Crippen molar-refractivity contribution < 1.29 is 19.0 Å². The molecule has 0 saturated carbocycles. The molecule has 1 unspecified atom stereocenters. The van der Waals surface area contributed by atoms with Crippen LogP contribution in [0.25, 0.3) is 10.9 Å². The zero-order chi connectivity index (χ0) is 22.5. The molecule has 1 aromatic heterocycles. The molecular weight excluding hydrogens is 408 g/mol. The summed E-state index contributed by atoms with van der Waals surface area (Å²) < 4.78 is 16.9. The highest BCUT2D eigenvalue weighted by Crippen LogP contribution is 2.21. The highest BCUT2D eigenvalue weighted by Gasteiger charge is 2.25. The first kappa shape index (κ1) is 22.0. The van der Waals surface area contributed by atoms with Crippen molar-refractivity contribution in [3.63, 3.8) is 0 Å². The number of H-pyrrole nitrogens is 1. The molecule has 2 aromatic carbocycles. The number of nitrogens with one attached hydrogen (secondary N) is 1. The lowest BCUT2D eigenvalue weighted by atomic mass is 10.1. The van der Waals surface area contributed by atoms with Crippen LogP contribution in [0.15, 0.2) is 53.3 Å². The van der Waals surface area contributed by atoms with Gasteiger partial charge in [-0.3, -0.25) is 9.59 Å². The summed E-state index contributed by atoms with van der Waals surface area (Å²) in [4.78, 5) is 30.9. The maximum atomic E-state index is 13.5. The Balaban J connectivity index is 1.67. The van der Waals surface area contributed by atoms with E-state index in [0.717, 1.165) is 22.2 Å². The average Bonchev–Trinajstić information content (AvgIpc) is 2.80. The number of hydrogen-bond donors (Lipinski definition) is 1. The van der Waals surface area contributed by atoms with Crippen LogP contribution in [0.4, 0.5) is 0 Å². The van der Waals surface area contributed by atoms with E-state index in [1.54, 1.807) is 4.90 Å². The van der Waals surface area contributed by atoms with Crippen molar-refractivity contribution >= 4 is 16.8 Å². The highest BCUT2D eigenvalue weighted by molar-refractivity contribution is 5.95. The number of amides is 1. The van der Waals surface area contributed by atoms with Gasteiger partial charge in [-0.15, -0.1) is 0 Å². The van der Waals surface area contributed by atoms with E-state index in [4.69, 9.17) is 14.2 Å². The molecule has 0 aliphatic carbocycles. The predicted octanol–water partition coefficient (Wildman–Crippen LogP) is 3.29. The third-order valence-corrected chi connectivity index (χ3v) is 5.54. The van der Waals surface area contributed by atoms with Crippen molar-refractivity contribution in [1.29, 1.82) is 0 Å². The van der Waals surface area contributed by atoms with Crippen molar-refractivity contribution in [1.82, 2.24) is 9.88 Å². The normalized spacial score (nSPS) is 16.1. The number of aromatic nitrogens is 1. The van der Waals surface area contributed by atoms with Crippen LogP contribution in [-0.4, -0.2) is 54.9 Å². The molecule has 2 heterocycles. The smallest absolute Gasteiger partial charge is 0.254 e. The molecule has 7 heteroatoms. The maximum absolute atomic E-state index is 13.5. The molecule has 3 aromatic rings. The zero-order valence-corrected chi connectivity index (χ0v) is 18.4. The summed E-state index contributed by atoms with van der Waals surface area (Å²) in [6, 6.07) is 14.8. The number of aryl methyl sites for hydroxylation is 1. The minimum atomic E-state index is -0.235. The van der Waals surface area contributed by atoms with Crippen LogP contribution < -0.4 is 10.3 Å². The minimum Gasteiger partial charge on any atom is -0.494 e. The molecule has 1 N–H and O–H groups in total. The van der Waals surface area contributed by atoms with Crippen LogP contribution in [0.1, 0.15) is 28.4 Å². The molecule has 168 valence electrons. The summed E-state index contributed by atoms with van der Waals surface area (Å²) in [6.45, 7) is 6.36. The second kappa shape index (κ2) is 9.97. The van der Waals surface area contributed by atoms with Gasteiger partial charge < -0.3 is 24.1 Å². The number of ether oxygens (including phenoxy) is 3. The van der Waals surface area contributed by atoms with E-state index in [-0.39, 0.29) is 24.1 Å². The Labute approximate surface area is 186 Å². The molecule has 1 aliphatic rings. The summed E-state index contributed by atoms with van der Waals surface area (Å²) in [5, 5.41) is 0.853. The number of benzene rings is 2. The molecule has 7 nitrogen and oxygen atoms in total. The van der Waals surface area contributed by atoms with Gasteiger partial charge in [-0.1, -0.05) is 18.2 Å². The van der Waals surface area contributed by atoms with Crippen LogP contribution in [0, 0.1) is 6.92 Å². The standard InChI is InChI=1S/C25H28N2O5/c1-3-31-20-8-9-23-18(13-20)12-19(24(28)26-23)14-27(15-21-16-30-10-11-32-21)25(29)22-7-5-4-6-17(22)2/h4-9,12-13,21H,3,10-11,14-16H2,1-2H3,(H,26,28). The number of pyridine rings is 1. The molecule has 1 atom stereocenters. The van der Waals surface area contributed by atoms with Gasteiger partial charge in [0.15, 0.2) is 0 Å². The topological polar surface area (TPSA) is 80.9 Å². The van der Waals surface area contributed by atoms with Crippen molar-refractivity contribution in [3.8, 4) is 5.75 Å². The Morgan fingerprint density at radius 2 is 2.03 bits per heavy atom. The lowest BCUT2D eigenvalue weighted by Gasteiger charge is -2.30. The van der Waals surface area contributed by atoms with E-state index in [1.807, 2.05) is 62.4 Å². The second-order valence-corrected chi connectivity index (χ2v) is 7.87. The summed E-state index contributed by atoms with van der Waals surface area (Å²) in [6.07, 6.45) is -0.235. The Morgan fingerprint density at radius 1 is 1.19 bits per heavy atom. The Kier molecular flexibility index (Phi) is 6.87. The SMILES string of the molecule is CCOc1ccc2[nH]c(=O)c(CN(CC3COCCO3)C(=O)c3ccccc3C)cc2c1. The van der Waals surface area contributed by atoms with Gasteiger partial charge in [0.05, 0.1) is 39.1 Å². The molecule has 1 fully saturated rings. The number of carbonyl (C=O) groups excluding carboxylic acids is 1. The Morgan fingerprint density at radius 3 is 2.78 bits per heavy atom. The first-order chi connectivity index (χ1) is 15.5. The zero-order valence-electron chi connectivity index (χ0n) is 18.4. The van der Waals surface area contributed by atoms with Gasteiger partial charge in [0.2, 0.25) is 0 Å². The summed E-state index contributed by atoms with van der Waals surface area (Å²) in [7, 11) is 0. The number of aromatic amines is 1. The molecule has 0 radical (unpaired) electrons. The number of hydrogen-bond acceptors (Lipinski definition) is 5. The number of nitrogens with zero attached hydrogens (tertiary/aromatic N) is 1. The van der Waals surface area contributed by atoms with Gasteiger partial charge in [0.1, 0.15) is 5.75 Å². The number of carbonyl (C=O) groups is 1. The maximum Gasteiger partial charge on any atom is 0.254 e. The van der Waals surface area contributed by atoms with Crippen molar-refractivity contribution in [3.05, 3.63) is 75.6 Å². The van der Waals surface area contributed by atoms with Gasteiger partial charge in [-0.2, -0.15) is 0 Å². The lowest BCUT2D eigenvalue weighted by molar-refractivity contribution is -0.0953.